The van der Waals surface area contributed by atoms with E-state index in [0.29, 0.717) is 5.92 Å². The van der Waals surface area contributed by atoms with Crippen molar-refractivity contribution in [3.63, 3.8) is 0 Å². The topological polar surface area (TPSA) is 9.23 Å². The van der Waals surface area contributed by atoms with E-state index < -0.39 is 0 Å². The van der Waals surface area contributed by atoms with Crippen molar-refractivity contribution in [3.05, 3.63) is 29.3 Å². The van der Waals surface area contributed by atoms with Gasteiger partial charge < -0.3 is 4.74 Å². The summed E-state index contributed by atoms with van der Waals surface area (Å²) < 4.78 is 5.65. The highest BCUT2D eigenvalue weighted by Gasteiger charge is 2.09. The molecule has 0 bridgehead atoms. The van der Waals surface area contributed by atoms with Crippen LogP contribution in [0.2, 0.25) is 0 Å². The Bertz CT molecular complexity index is 387. The maximum Gasteiger partial charge on any atom is 0.119 e. The van der Waals surface area contributed by atoms with Gasteiger partial charge in [-0.15, -0.1) is 12.3 Å². The lowest BCUT2D eigenvalue weighted by atomic mass is 9.92. The van der Waals surface area contributed by atoms with Crippen LogP contribution in [0.1, 0.15) is 50.7 Å². The van der Waals surface area contributed by atoms with Gasteiger partial charge in [-0.25, -0.2) is 0 Å². The van der Waals surface area contributed by atoms with E-state index in [1.54, 1.807) is 0 Å². The zero-order chi connectivity index (χ0) is 12.7. The van der Waals surface area contributed by atoms with Gasteiger partial charge in [0.05, 0.1) is 6.61 Å². The molecule has 0 aliphatic rings. The van der Waals surface area contributed by atoms with E-state index in [4.69, 9.17) is 11.2 Å². The van der Waals surface area contributed by atoms with Gasteiger partial charge in [0, 0.05) is 6.42 Å². The lowest BCUT2D eigenvalue weighted by molar-refractivity contribution is 0.317. The van der Waals surface area contributed by atoms with E-state index >= 15 is 0 Å². The standard InChI is InChI=1S/C16H22O/c1-5-8-13(4)16-10-9-15(17-11-6-2)12-14(16)7-3/h1,9-10,12-13H,6-8,11H2,2-4H3. The van der Waals surface area contributed by atoms with Crippen molar-refractivity contribution < 1.29 is 4.74 Å². The van der Waals surface area contributed by atoms with Crippen LogP contribution >= 0.6 is 0 Å². The first-order valence-corrected chi connectivity index (χ1v) is 6.42. The van der Waals surface area contributed by atoms with E-state index in [0.717, 1.165) is 31.6 Å². The lowest BCUT2D eigenvalue weighted by Gasteiger charge is -2.15. The monoisotopic (exact) mass is 230 g/mol. The number of hydrogen-bond donors (Lipinski definition) is 0. The Morgan fingerprint density at radius 2 is 2.12 bits per heavy atom. The Hall–Kier alpha value is -1.42. The molecule has 92 valence electrons. The van der Waals surface area contributed by atoms with Crippen LogP contribution in [0.25, 0.3) is 0 Å². The molecule has 0 saturated carbocycles. The van der Waals surface area contributed by atoms with Gasteiger partial charge in [-0.1, -0.05) is 26.8 Å². The summed E-state index contributed by atoms with van der Waals surface area (Å²) in [5.41, 5.74) is 2.70. The van der Waals surface area contributed by atoms with Crippen LogP contribution in [0.5, 0.6) is 5.75 Å². The van der Waals surface area contributed by atoms with Crippen LogP contribution in [-0.2, 0) is 6.42 Å². The number of benzene rings is 1. The fraction of sp³-hybridized carbons (Fsp3) is 0.500. The summed E-state index contributed by atoms with van der Waals surface area (Å²) >= 11 is 0. The lowest BCUT2D eigenvalue weighted by Crippen LogP contribution is -2.01. The molecule has 1 nitrogen and oxygen atoms in total. The predicted molar refractivity (Wildman–Crippen MR) is 73.5 cm³/mol. The van der Waals surface area contributed by atoms with Crippen molar-refractivity contribution in [2.75, 3.05) is 6.61 Å². The highest BCUT2D eigenvalue weighted by atomic mass is 16.5. The largest absolute Gasteiger partial charge is 0.494 e. The summed E-state index contributed by atoms with van der Waals surface area (Å²) in [4.78, 5) is 0. The van der Waals surface area contributed by atoms with Crippen molar-refractivity contribution in [3.8, 4) is 18.1 Å². The van der Waals surface area contributed by atoms with Gasteiger partial charge in [-0.3, -0.25) is 0 Å². The molecule has 1 aromatic carbocycles. The van der Waals surface area contributed by atoms with Crippen molar-refractivity contribution in [1.29, 1.82) is 0 Å². The normalized spacial score (nSPS) is 11.9. The highest BCUT2D eigenvalue weighted by molar-refractivity contribution is 5.38. The number of hydrogen-bond acceptors (Lipinski definition) is 1. The van der Waals surface area contributed by atoms with Gasteiger partial charge in [-0.2, -0.15) is 0 Å². The summed E-state index contributed by atoms with van der Waals surface area (Å²) in [6, 6.07) is 6.36. The van der Waals surface area contributed by atoms with E-state index in [1.807, 2.05) is 0 Å². The molecular formula is C16H22O. The molecule has 0 aromatic heterocycles. The molecular weight excluding hydrogens is 208 g/mol. The smallest absolute Gasteiger partial charge is 0.119 e. The molecule has 1 heteroatoms. The molecule has 0 amide bonds. The second kappa shape index (κ2) is 7.01. The van der Waals surface area contributed by atoms with Gasteiger partial charge in [0.2, 0.25) is 0 Å². The van der Waals surface area contributed by atoms with Crippen LogP contribution < -0.4 is 4.74 Å². The van der Waals surface area contributed by atoms with Crippen LogP contribution in [0.3, 0.4) is 0 Å². The van der Waals surface area contributed by atoms with Gasteiger partial charge in [0.25, 0.3) is 0 Å². The molecule has 17 heavy (non-hydrogen) atoms. The third-order valence-corrected chi connectivity index (χ3v) is 2.92. The quantitative estimate of drug-likeness (QED) is 0.667. The van der Waals surface area contributed by atoms with Gasteiger partial charge >= 0.3 is 0 Å². The Morgan fingerprint density at radius 1 is 1.35 bits per heavy atom. The zero-order valence-corrected chi connectivity index (χ0v) is 11.1. The molecule has 0 spiro atoms. The number of aryl methyl sites for hydroxylation is 1. The molecule has 0 aliphatic carbocycles. The maximum absolute atomic E-state index is 5.65. The predicted octanol–water partition coefficient (Wildman–Crippen LogP) is 4.16. The average Bonchev–Trinajstić information content (AvgIpc) is 2.36. The van der Waals surface area contributed by atoms with Crippen LogP contribution in [-0.4, -0.2) is 6.61 Å². The SMILES string of the molecule is C#CCC(C)c1ccc(OCCC)cc1CC. The summed E-state index contributed by atoms with van der Waals surface area (Å²) in [6.07, 6.45) is 8.23. The Labute approximate surface area is 105 Å². The van der Waals surface area contributed by atoms with E-state index in [9.17, 15) is 0 Å². The van der Waals surface area contributed by atoms with Crippen molar-refractivity contribution in [2.45, 2.75) is 46.0 Å². The molecule has 0 N–H and O–H groups in total. The molecule has 0 saturated heterocycles. The van der Waals surface area contributed by atoms with Crippen LogP contribution in [0, 0.1) is 12.3 Å². The second-order valence-electron chi connectivity index (χ2n) is 4.37. The first-order chi connectivity index (χ1) is 8.22. The third-order valence-electron chi connectivity index (χ3n) is 2.92. The van der Waals surface area contributed by atoms with Crippen LogP contribution in [0.4, 0.5) is 0 Å². The Kier molecular flexibility index (Phi) is 5.63. The molecule has 1 rings (SSSR count). The van der Waals surface area contributed by atoms with Gasteiger partial charge in [0.15, 0.2) is 0 Å². The second-order valence-corrected chi connectivity index (χ2v) is 4.37. The summed E-state index contributed by atoms with van der Waals surface area (Å²) in [5.74, 6) is 4.13. The first kappa shape index (κ1) is 13.6. The highest BCUT2D eigenvalue weighted by Crippen LogP contribution is 2.26. The van der Waals surface area contributed by atoms with E-state index in [2.05, 4.69) is 44.9 Å². The third kappa shape index (κ3) is 3.82. The molecule has 0 aliphatic heterocycles. The van der Waals surface area contributed by atoms with Crippen molar-refractivity contribution in [2.24, 2.45) is 0 Å². The number of ether oxygens (including phenoxy) is 1. The number of rotatable bonds is 6. The molecule has 1 unspecified atom stereocenters. The molecule has 0 fully saturated rings. The zero-order valence-electron chi connectivity index (χ0n) is 11.1. The Balaban J connectivity index is 2.89. The van der Waals surface area contributed by atoms with E-state index in [1.165, 1.54) is 11.1 Å². The van der Waals surface area contributed by atoms with Gasteiger partial charge in [0.1, 0.15) is 5.75 Å². The average molecular weight is 230 g/mol. The fourth-order valence-corrected chi connectivity index (χ4v) is 1.97. The van der Waals surface area contributed by atoms with Crippen molar-refractivity contribution >= 4 is 0 Å². The van der Waals surface area contributed by atoms with Crippen LogP contribution in [0.15, 0.2) is 18.2 Å². The molecule has 1 aromatic rings. The minimum Gasteiger partial charge on any atom is -0.494 e. The molecule has 1 atom stereocenters. The first-order valence-electron chi connectivity index (χ1n) is 6.42. The maximum atomic E-state index is 5.65. The summed E-state index contributed by atoms with van der Waals surface area (Å²) in [5, 5.41) is 0. The molecule has 0 radical (unpaired) electrons. The number of terminal acetylenes is 1. The minimum absolute atomic E-state index is 0.426. The summed E-state index contributed by atoms with van der Waals surface area (Å²) in [7, 11) is 0. The van der Waals surface area contributed by atoms with E-state index in [-0.39, 0.29) is 0 Å². The van der Waals surface area contributed by atoms with Gasteiger partial charge in [-0.05, 0) is 42.0 Å². The summed E-state index contributed by atoms with van der Waals surface area (Å²) in [6.45, 7) is 7.25. The molecule has 0 heterocycles. The minimum atomic E-state index is 0.426. The Morgan fingerprint density at radius 3 is 2.71 bits per heavy atom. The van der Waals surface area contributed by atoms with Crippen molar-refractivity contribution in [1.82, 2.24) is 0 Å². The fourth-order valence-electron chi connectivity index (χ4n) is 1.97.